The van der Waals surface area contributed by atoms with Gasteiger partial charge in [-0.2, -0.15) is 0 Å². The van der Waals surface area contributed by atoms with E-state index in [0.717, 1.165) is 44.9 Å². The SMILES string of the molecule is C[C@]12CCC(O)CC1=CC(Cl)[C@@H]1[C@H]2CC[C@]2(C)C(=O)CC[C@@H]12. The van der Waals surface area contributed by atoms with Gasteiger partial charge in [-0.3, -0.25) is 4.79 Å². The van der Waals surface area contributed by atoms with E-state index in [9.17, 15) is 9.90 Å². The van der Waals surface area contributed by atoms with Crippen LogP contribution in [0, 0.1) is 28.6 Å². The molecule has 0 radical (unpaired) electrons. The molecule has 0 aliphatic heterocycles. The van der Waals surface area contributed by atoms with Gasteiger partial charge in [0, 0.05) is 11.8 Å². The predicted octanol–water partition coefficient (Wildman–Crippen LogP) is 4.10. The summed E-state index contributed by atoms with van der Waals surface area (Å²) in [5, 5.41) is 10.1. The zero-order valence-corrected chi connectivity index (χ0v) is 14.4. The molecule has 4 rings (SSSR count). The molecule has 7 atom stereocenters. The minimum atomic E-state index is -0.193. The van der Waals surface area contributed by atoms with Crippen LogP contribution in [0.1, 0.15) is 58.8 Å². The summed E-state index contributed by atoms with van der Waals surface area (Å²) in [4.78, 5) is 12.4. The van der Waals surface area contributed by atoms with E-state index >= 15 is 0 Å². The van der Waals surface area contributed by atoms with Crippen LogP contribution < -0.4 is 0 Å². The second kappa shape index (κ2) is 4.83. The van der Waals surface area contributed by atoms with E-state index in [1.54, 1.807) is 0 Å². The van der Waals surface area contributed by atoms with Crippen molar-refractivity contribution in [3.8, 4) is 0 Å². The molecule has 2 nitrogen and oxygen atoms in total. The van der Waals surface area contributed by atoms with Gasteiger partial charge < -0.3 is 5.11 Å². The van der Waals surface area contributed by atoms with E-state index in [1.165, 1.54) is 5.57 Å². The first-order valence-electron chi connectivity index (χ1n) is 8.93. The Balaban J connectivity index is 1.75. The normalized spacial score (nSPS) is 54.3. The first-order chi connectivity index (χ1) is 10.4. The summed E-state index contributed by atoms with van der Waals surface area (Å²) in [6, 6.07) is 0. The maximum absolute atomic E-state index is 12.4. The Labute approximate surface area is 138 Å². The molecule has 0 aromatic rings. The fourth-order valence-electron chi connectivity index (χ4n) is 6.36. The monoisotopic (exact) mass is 322 g/mol. The van der Waals surface area contributed by atoms with Crippen molar-refractivity contribution in [3.63, 3.8) is 0 Å². The van der Waals surface area contributed by atoms with E-state index in [2.05, 4.69) is 19.9 Å². The molecule has 3 heteroatoms. The molecule has 1 N–H and O–H groups in total. The number of aliphatic hydroxyl groups is 1. The molecule has 2 unspecified atom stereocenters. The third-order valence-corrected chi connectivity index (χ3v) is 8.19. The van der Waals surface area contributed by atoms with Gasteiger partial charge in [-0.25, -0.2) is 0 Å². The van der Waals surface area contributed by atoms with Crippen molar-refractivity contribution >= 4 is 17.4 Å². The number of hydrogen-bond acceptors (Lipinski definition) is 2. The van der Waals surface area contributed by atoms with Crippen LogP contribution in [0.2, 0.25) is 0 Å². The van der Waals surface area contributed by atoms with Crippen LogP contribution in [-0.2, 0) is 4.79 Å². The lowest BCUT2D eigenvalue weighted by Gasteiger charge is -2.58. The summed E-state index contributed by atoms with van der Waals surface area (Å²) in [7, 11) is 0. The van der Waals surface area contributed by atoms with Crippen LogP contribution in [0.25, 0.3) is 0 Å². The van der Waals surface area contributed by atoms with Crippen molar-refractivity contribution in [2.45, 2.75) is 70.3 Å². The van der Waals surface area contributed by atoms with Gasteiger partial charge >= 0.3 is 0 Å². The van der Waals surface area contributed by atoms with Crippen molar-refractivity contribution in [2.75, 3.05) is 0 Å². The molecule has 122 valence electrons. The van der Waals surface area contributed by atoms with Crippen LogP contribution >= 0.6 is 11.6 Å². The van der Waals surface area contributed by atoms with Gasteiger partial charge in [0.25, 0.3) is 0 Å². The minimum absolute atomic E-state index is 0.0360. The standard InChI is InChI=1S/C19H27ClO2/c1-18-7-5-12(21)9-11(18)10-15(20)17-13-3-4-16(22)19(13,2)8-6-14(17)18/h10,12-15,17,21H,3-9H2,1-2H3/t12?,13-,14+,15?,17-,18-,19-/m0/s1. The molecule has 4 aliphatic carbocycles. The molecule has 22 heavy (non-hydrogen) atoms. The minimum Gasteiger partial charge on any atom is -0.393 e. The molecular weight excluding hydrogens is 296 g/mol. The summed E-state index contributed by atoms with van der Waals surface area (Å²) in [6.07, 6.45) is 8.77. The molecular formula is C19H27ClO2. The Hall–Kier alpha value is -0.340. The zero-order chi connectivity index (χ0) is 15.7. The number of Topliss-reactive ketones (excluding diaryl/α,β-unsaturated/α-hetero) is 1. The Morgan fingerprint density at radius 1 is 1.14 bits per heavy atom. The highest BCUT2D eigenvalue weighted by Crippen LogP contribution is 2.64. The van der Waals surface area contributed by atoms with Crippen molar-refractivity contribution in [2.24, 2.45) is 28.6 Å². The Morgan fingerprint density at radius 2 is 1.82 bits per heavy atom. The molecule has 0 bridgehead atoms. The van der Waals surface area contributed by atoms with Crippen molar-refractivity contribution < 1.29 is 9.90 Å². The molecule has 0 saturated heterocycles. The molecule has 3 fully saturated rings. The van der Waals surface area contributed by atoms with E-state index in [-0.39, 0.29) is 22.3 Å². The van der Waals surface area contributed by atoms with E-state index in [1.807, 2.05) is 0 Å². The average Bonchev–Trinajstić information content (AvgIpc) is 2.77. The average molecular weight is 323 g/mol. The quantitative estimate of drug-likeness (QED) is 0.538. The number of alkyl halides is 1. The third kappa shape index (κ3) is 1.86. The van der Waals surface area contributed by atoms with Gasteiger partial charge in [-0.05, 0) is 61.7 Å². The largest absolute Gasteiger partial charge is 0.393 e. The molecule has 4 aliphatic rings. The zero-order valence-electron chi connectivity index (χ0n) is 13.6. The number of allylic oxidation sites excluding steroid dienone is 1. The Kier molecular flexibility index (Phi) is 3.34. The van der Waals surface area contributed by atoms with Crippen LogP contribution in [0.5, 0.6) is 0 Å². The van der Waals surface area contributed by atoms with Gasteiger partial charge in [-0.15, -0.1) is 11.6 Å². The summed E-state index contributed by atoms with van der Waals surface area (Å²) < 4.78 is 0. The van der Waals surface area contributed by atoms with Crippen LogP contribution in [0.3, 0.4) is 0 Å². The molecule has 0 heterocycles. The number of hydrogen-bond donors (Lipinski definition) is 1. The summed E-state index contributed by atoms with van der Waals surface area (Å²) in [6.45, 7) is 4.59. The maximum atomic E-state index is 12.4. The van der Waals surface area contributed by atoms with Gasteiger partial charge in [0.15, 0.2) is 0 Å². The van der Waals surface area contributed by atoms with E-state index in [4.69, 9.17) is 11.6 Å². The molecule has 0 aromatic heterocycles. The highest BCUT2D eigenvalue weighted by atomic mass is 35.5. The maximum Gasteiger partial charge on any atom is 0.139 e. The van der Waals surface area contributed by atoms with E-state index < -0.39 is 0 Å². The first kappa shape index (κ1) is 15.2. The number of rotatable bonds is 0. The molecule has 0 spiro atoms. The number of fused-ring (bicyclic) bond motifs is 5. The number of ketones is 1. The second-order valence-electron chi connectivity index (χ2n) is 8.66. The highest BCUT2D eigenvalue weighted by molar-refractivity contribution is 6.22. The first-order valence-corrected chi connectivity index (χ1v) is 9.36. The summed E-state index contributed by atoms with van der Waals surface area (Å²) in [5.74, 6) is 1.96. The Morgan fingerprint density at radius 3 is 2.59 bits per heavy atom. The Bertz CT molecular complexity index is 542. The van der Waals surface area contributed by atoms with Crippen LogP contribution in [0.15, 0.2) is 11.6 Å². The van der Waals surface area contributed by atoms with Crippen molar-refractivity contribution in [3.05, 3.63) is 11.6 Å². The fourth-order valence-corrected chi connectivity index (χ4v) is 6.86. The van der Waals surface area contributed by atoms with Gasteiger partial charge in [0.05, 0.1) is 11.5 Å². The number of aliphatic hydroxyl groups excluding tert-OH is 1. The van der Waals surface area contributed by atoms with Crippen molar-refractivity contribution in [1.29, 1.82) is 0 Å². The van der Waals surface area contributed by atoms with Gasteiger partial charge in [0.1, 0.15) is 5.78 Å². The smallest absolute Gasteiger partial charge is 0.139 e. The predicted molar refractivity (Wildman–Crippen MR) is 87.7 cm³/mol. The molecule has 0 amide bonds. The van der Waals surface area contributed by atoms with E-state index in [0.29, 0.717) is 23.5 Å². The number of carbonyl (C=O) groups excluding carboxylic acids is 1. The lowest BCUT2D eigenvalue weighted by molar-refractivity contribution is -0.131. The van der Waals surface area contributed by atoms with Crippen LogP contribution in [-0.4, -0.2) is 22.4 Å². The molecule has 0 aromatic carbocycles. The fraction of sp³-hybridized carbons (Fsp3) is 0.842. The van der Waals surface area contributed by atoms with Crippen molar-refractivity contribution in [1.82, 2.24) is 0 Å². The lowest BCUT2D eigenvalue weighted by atomic mass is 9.48. The summed E-state index contributed by atoms with van der Waals surface area (Å²) >= 11 is 6.83. The lowest BCUT2D eigenvalue weighted by Crippen LogP contribution is -2.53. The topological polar surface area (TPSA) is 37.3 Å². The highest BCUT2D eigenvalue weighted by Gasteiger charge is 2.60. The summed E-state index contributed by atoms with van der Waals surface area (Å²) in [5.41, 5.74) is 1.47. The third-order valence-electron chi connectivity index (χ3n) is 7.77. The second-order valence-corrected chi connectivity index (χ2v) is 9.16. The molecule has 3 saturated carbocycles. The number of halogens is 1. The van der Waals surface area contributed by atoms with Gasteiger partial charge in [0.2, 0.25) is 0 Å². The van der Waals surface area contributed by atoms with Crippen LogP contribution in [0.4, 0.5) is 0 Å². The number of carbonyl (C=O) groups is 1. The van der Waals surface area contributed by atoms with Gasteiger partial charge in [-0.1, -0.05) is 25.5 Å².